The van der Waals surface area contributed by atoms with Crippen LogP contribution in [0.15, 0.2) is 0 Å². The standard InChI is InChI=1S/C68H112O40S8.4CO2/c1-5-109-17-25-37(77)60-52(92)68(93-25)107-55-28(20-112-8-4)95-61(46(86)39(55)79)101-53-26(18-110-6-2)94-62(45(85)38(53)78)103-56-29(21-113-13-9-33(69)70)98-64(48(88)41(56)81)105-58-31(23-115-15-11-35(73)74)100-66(50(90)43(58)83)106-59-32(24-116-16-12-36(75)76)99-65(49(89)42(59)82)104-57-30(22-114-14-10-34(71)72)97-63(47(87)40(57)80)102-54-27(19-111-7-3)96-67(108-60)51(91)44(54)84;4*2-1-3/h25-32,37-68,77-92H,5-24H2,1-4H3,(H,69,70)(H,71,72)(H,73,74)(H,75,76);;;;/t25?,26?,27?,28?,29?,30?,31?,32?,37-,38-,39-,40-,41-,42-,43-,44-,45?,46?,47?,48?,49?,50?,51?,52?,53-,54-,55-,56-,57-,58-,59-,60+,61-,62-,63-,64-,65-,66-,67-,68+;;;;/m1..../s1. The highest BCUT2D eigenvalue weighted by Crippen LogP contribution is 2.43. The summed E-state index contributed by atoms with van der Waals surface area (Å²) in [5, 5.41) is 233. The van der Waals surface area contributed by atoms with Crippen LogP contribution in [-0.2, 0) is 133 Å². The van der Waals surface area contributed by atoms with Gasteiger partial charge in [0.2, 0.25) is 0 Å². The fourth-order valence-electron chi connectivity index (χ4n) is 14.2. The van der Waals surface area contributed by atoms with E-state index >= 15 is 0 Å². The Balaban J connectivity index is 0.00000229. The van der Waals surface area contributed by atoms with Gasteiger partial charge in [-0.05, 0) is 23.0 Å². The minimum Gasteiger partial charge on any atom is -0.481 e. The van der Waals surface area contributed by atoms with E-state index in [0.29, 0.717) is 23.0 Å². The summed E-state index contributed by atoms with van der Waals surface area (Å²) >= 11 is 8.93. The van der Waals surface area contributed by atoms with E-state index in [0.717, 1.165) is 47.0 Å². The van der Waals surface area contributed by atoms with E-state index in [1.54, 1.807) is 13.8 Å². The number of carboxylic acids is 4. The molecule has 48 nitrogen and oxygen atoms in total. The van der Waals surface area contributed by atoms with Crippen molar-refractivity contribution in [3.05, 3.63) is 0 Å². The molecule has 0 aliphatic carbocycles. The maximum Gasteiger partial charge on any atom is 0.373 e. The van der Waals surface area contributed by atoms with Gasteiger partial charge in [-0.25, -0.2) is 0 Å². The van der Waals surface area contributed by atoms with Crippen molar-refractivity contribution in [3.63, 3.8) is 0 Å². The zero-order chi connectivity index (χ0) is 95.3. The predicted octanol–water partition coefficient (Wildman–Crippen LogP) is -7.83. The zero-order valence-electron chi connectivity index (χ0n) is 68.9. The highest BCUT2D eigenvalue weighted by molar-refractivity contribution is 8.00. The molecular formula is C72H112O48S8. The molecule has 20 N–H and O–H groups in total. The van der Waals surface area contributed by atoms with Crippen LogP contribution in [-0.4, -0.2) is 488 Å². The van der Waals surface area contributed by atoms with Crippen LogP contribution in [0, 0.1) is 0 Å². The molecule has 0 aromatic rings. The summed E-state index contributed by atoms with van der Waals surface area (Å²) in [6, 6.07) is 0. The van der Waals surface area contributed by atoms with Gasteiger partial charge in [0.05, 0.1) is 74.5 Å². The third kappa shape index (κ3) is 33.7. The van der Waals surface area contributed by atoms with Gasteiger partial charge in [-0.15, -0.1) is 0 Å². The number of aliphatic hydroxyl groups is 16. The summed E-state index contributed by atoms with van der Waals surface area (Å²) in [5.41, 5.74) is 0. The topological polar surface area (TPSA) is 757 Å². The van der Waals surface area contributed by atoms with E-state index in [1.807, 2.05) is 13.8 Å². The Bertz CT molecular complexity index is 3310. The van der Waals surface area contributed by atoms with E-state index in [9.17, 15) is 121 Å². The van der Waals surface area contributed by atoms with E-state index in [1.165, 1.54) is 47.0 Å². The highest BCUT2D eigenvalue weighted by Gasteiger charge is 2.61. The van der Waals surface area contributed by atoms with Gasteiger partial charge in [-0.1, -0.05) is 27.7 Å². The van der Waals surface area contributed by atoms with Crippen molar-refractivity contribution in [2.24, 2.45) is 0 Å². The third-order valence-corrected chi connectivity index (χ3v) is 28.5. The summed E-state index contributed by atoms with van der Waals surface area (Å²) in [4.78, 5) is 112. The van der Waals surface area contributed by atoms with Crippen molar-refractivity contribution in [3.8, 4) is 0 Å². The first-order valence-corrected chi connectivity index (χ1v) is 49.0. The fraction of sp³-hybridized carbons (Fsp3) is 0.889. The lowest BCUT2D eigenvalue weighted by atomic mass is 9.95. The second kappa shape index (κ2) is 59.8. The number of aliphatic carboxylic acids is 4. The van der Waals surface area contributed by atoms with Crippen molar-refractivity contribution in [2.45, 2.75) is 299 Å². The minimum absolute atomic E-state index is 0.00370. The van der Waals surface area contributed by atoms with E-state index in [4.69, 9.17) is 114 Å². The number of carbonyl (C=O) groups is 4. The Morgan fingerprint density at radius 1 is 0.203 bits per heavy atom. The Morgan fingerprint density at radius 3 is 0.508 bits per heavy atom. The average molecular weight is 2000 g/mol. The molecule has 19 saturated heterocycles. The number of hydrogen-bond donors (Lipinski definition) is 20. The van der Waals surface area contributed by atoms with Crippen LogP contribution >= 0.6 is 94.1 Å². The number of ether oxygens (including phenoxy) is 16. The number of fused-ring (bicyclic) bond motifs is 1. The number of thioether (sulfide) groups is 8. The van der Waals surface area contributed by atoms with Crippen molar-refractivity contribution < 1.29 is 235 Å². The maximum atomic E-state index is 12.3. The molecule has 16 bridgehead atoms. The summed E-state index contributed by atoms with van der Waals surface area (Å²) in [6.07, 6.45) is -75.1. The van der Waals surface area contributed by atoms with Gasteiger partial charge in [0.1, 0.15) is 146 Å². The molecule has 0 amide bonds. The number of carbonyl (C=O) groups excluding carboxylic acids is 8. The molecule has 16 unspecified atom stereocenters. The molecule has 0 spiro atoms. The zero-order valence-corrected chi connectivity index (χ0v) is 75.4. The molecule has 19 aliphatic rings. The maximum absolute atomic E-state index is 12.3. The van der Waals surface area contributed by atoms with Crippen molar-refractivity contribution in [2.75, 3.05) is 92.0 Å². The lowest BCUT2D eigenvalue weighted by molar-refractivity contribution is -0.392. The van der Waals surface area contributed by atoms with Crippen LogP contribution in [0.2, 0.25) is 0 Å². The van der Waals surface area contributed by atoms with E-state index in [2.05, 4.69) is 0 Å². The first-order chi connectivity index (χ1) is 61.0. The molecule has 40 atom stereocenters. The fourth-order valence-corrected chi connectivity index (χ4v) is 21.1. The van der Waals surface area contributed by atoms with Crippen LogP contribution in [0.4, 0.5) is 0 Å². The first-order valence-electron chi connectivity index (χ1n) is 39.8. The van der Waals surface area contributed by atoms with Gasteiger partial charge >= 0.3 is 48.5 Å². The van der Waals surface area contributed by atoms with Gasteiger partial charge in [0.25, 0.3) is 0 Å². The summed E-state index contributed by atoms with van der Waals surface area (Å²) in [6.45, 7) is 7.22. The lowest BCUT2D eigenvalue weighted by Gasteiger charge is -2.50. The molecule has 19 fully saturated rings. The van der Waals surface area contributed by atoms with Crippen LogP contribution in [0.3, 0.4) is 0 Å². The largest absolute Gasteiger partial charge is 0.481 e. The van der Waals surface area contributed by atoms with Crippen LogP contribution in [0.1, 0.15) is 53.4 Å². The van der Waals surface area contributed by atoms with Crippen molar-refractivity contribution >= 4 is 143 Å². The molecule has 0 aromatic carbocycles. The molecule has 736 valence electrons. The molecule has 56 heteroatoms. The van der Waals surface area contributed by atoms with Crippen LogP contribution in [0.5, 0.6) is 0 Å². The van der Waals surface area contributed by atoms with Gasteiger partial charge in [0, 0.05) is 69.0 Å². The molecule has 19 aliphatic heterocycles. The Kier molecular flexibility index (Phi) is 53.9. The Labute approximate surface area is 764 Å². The minimum atomic E-state index is -2.24. The number of carboxylic acid groups (broad SMARTS) is 4. The molecule has 0 radical (unpaired) electrons. The third-order valence-electron chi connectivity index (χ3n) is 20.4. The van der Waals surface area contributed by atoms with Crippen molar-refractivity contribution in [1.82, 2.24) is 0 Å². The Morgan fingerprint density at radius 2 is 0.344 bits per heavy atom. The van der Waals surface area contributed by atoms with Gasteiger partial charge in [-0.3, -0.25) is 19.2 Å². The summed E-state index contributed by atoms with van der Waals surface area (Å²) in [5.74, 6) is -4.52. The molecule has 0 aromatic heterocycles. The number of hydrogen-bond acceptors (Lipinski definition) is 52. The molecular weight excluding hydrogens is 1890 g/mol. The van der Waals surface area contributed by atoms with Gasteiger partial charge in [-0.2, -0.15) is 132 Å². The Hall–Kier alpha value is -3.08. The predicted molar refractivity (Wildman–Crippen MR) is 435 cm³/mol. The normalized spacial score (nSPS) is 40.8. The highest BCUT2D eigenvalue weighted by atomic mass is 32.2. The second-order valence-electron chi connectivity index (χ2n) is 28.8. The number of aliphatic hydroxyl groups excluding tert-OH is 16. The van der Waals surface area contributed by atoms with Gasteiger partial charge < -0.3 is 178 Å². The summed E-state index contributed by atoms with van der Waals surface area (Å²) in [7, 11) is 0. The average Bonchev–Trinajstić information content (AvgIpc) is 0.772. The van der Waals surface area contributed by atoms with Gasteiger partial charge in [0.15, 0.2) is 50.3 Å². The van der Waals surface area contributed by atoms with E-state index < -0.39 is 282 Å². The lowest BCUT2D eigenvalue weighted by Crippen LogP contribution is -2.68. The molecule has 0 saturated carbocycles. The first kappa shape index (κ1) is 115. The second-order valence-corrected chi connectivity index (χ2v) is 38.7. The molecule has 128 heavy (non-hydrogen) atoms. The molecule has 19 heterocycles. The van der Waals surface area contributed by atoms with E-state index in [-0.39, 0.29) is 106 Å². The van der Waals surface area contributed by atoms with Crippen LogP contribution in [0.25, 0.3) is 0 Å². The monoisotopic (exact) mass is 2000 g/mol. The van der Waals surface area contributed by atoms with Crippen LogP contribution < -0.4 is 0 Å². The summed E-state index contributed by atoms with van der Waals surface area (Å²) < 4.78 is 101. The smallest absolute Gasteiger partial charge is 0.373 e. The quantitative estimate of drug-likeness (QED) is 0.0278. The molecule has 19 rings (SSSR count). The van der Waals surface area contributed by atoms with Crippen molar-refractivity contribution in [1.29, 1.82) is 0 Å². The number of rotatable bonds is 32. The SMILES string of the molecule is CCSCC1O[C@H]2O[C@@H]3C(CSCC)O[C@H](O[C@@H]4C(CSCC)O[C@H](O[C@@H]5C(CSCCC(=O)O)O[C@H](O[C@@H]6C(CSCCC(=O)O)O[C@H](O[C@@H]7C(CSCCC(=O)O)O[C@H](O[C@@H]8C(CSCCC(=O)O)O[C@H](O[C@@H]9C(CSCC)O[C@H](O[C@H](C2O)[C@@H]1O)C(O)[C@H]9O)C(O)[C@H]8O)C(O)[C@H]7O)C(O)[C@H]6O)C(O)[C@H]5O)C(O)[C@H]4O)C(O)[C@H]3O.O=C=O.O=C=O.O=C=O.O=C=O.